The molecule has 42 heavy (non-hydrogen) atoms. The highest BCUT2D eigenvalue weighted by Crippen LogP contribution is 2.54. The normalized spacial score (nSPS) is 10.6. The molecule has 1 nitrogen and oxygen atoms in total. The fourth-order valence-corrected chi connectivity index (χ4v) is 9.80. The first-order chi connectivity index (χ1) is 19.1. The number of benzene rings is 3. The Bertz CT molecular complexity index is 1260. The highest BCUT2D eigenvalue weighted by molar-refractivity contribution is 7.95. The zero-order chi connectivity index (χ0) is 31.0. The summed E-state index contributed by atoms with van der Waals surface area (Å²) in [7, 11) is -5.41. The SMILES string of the molecule is CC#C[Si](C)(C)C.C[Si](C)(C)C#CCO.C[Si](C)(C)C#CC[P+](c1ccccc1)(c1ccccc1)c1ccccc1.[Br-]. The maximum Gasteiger partial charge on any atom is 0.133 e. The van der Waals surface area contributed by atoms with Crippen molar-refractivity contribution in [1.82, 2.24) is 0 Å². The fourth-order valence-electron chi connectivity index (χ4n) is 3.87. The Morgan fingerprint density at radius 3 is 1.05 bits per heavy atom. The molecule has 0 saturated carbocycles. The molecule has 0 fully saturated rings. The van der Waals surface area contributed by atoms with Gasteiger partial charge in [-0.3, -0.25) is 0 Å². The zero-order valence-corrected chi connectivity index (χ0v) is 32.8. The molecule has 0 aliphatic heterocycles. The van der Waals surface area contributed by atoms with Crippen molar-refractivity contribution in [3.8, 4) is 34.4 Å². The zero-order valence-electron chi connectivity index (χ0n) is 27.3. The molecule has 0 heterocycles. The van der Waals surface area contributed by atoms with E-state index in [1.54, 1.807) is 0 Å². The van der Waals surface area contributed by atoms with Crippen LogP contribution >= 0.6 is 7.26 Å². The van der Waals surface area contributed by atoms with E-state index in [0.717, 1.165) is 6.16 Å². The van der Waals surface area contributed by atoms with E-state index >= 15 is 0 Å². The average molecular weight is 694 g/mol. The Labute approximate surface area is 272 Å². The van der Waals surface area contributed by atoms with Gasteiger partial charge < -0.3 is 22.1 Å². The highest BCUT2D eigenvalue weighted by Gasteiger charge is 2.44. The van der Waals surface area contributed by atoms with Crippen LogP contribution in [0.2, 0.25) is 58.9 Å². The lowest BCUT2D eigenvalue weighted by molar-refractivity contribution is -0.0000101. The lowest BCUT2D eigenvalue weighted by Crippen LogP contribution is -3.00. The van der Waals surface area contributed by atoms with Crippen molar-refractivity contribution in [2.45, 2.75) is 65.8 Å². The van der Waals surface area contributed by atoms with Crippen LogP contribution < -0.4 is 32.9 Å². The molecule has 1 N–H and O–H groups in total. The third-order valence-corrected chi connectivity index (χ3v) is 12.4. The van der Waals surface area contributed by atoms with E-state index in [-0.39, 0.29) is 23.6 Å². The van der Waals surface area contributed by atoms with Gasteiger partial charge in [0.1, 0.15) is 60.2 Å². The molecule has 3 aromatic carbocycles. The lowest BCUT2D eigenvalue weighted by Gasteiger charge is -2.25. The summed E-state index contributed by atoms with van der Waals surface area (Å²) in [6.45, 7) is 22.0. The van der Waals surface area contributed by atoms with Crippen molar-refractivity contribution in [2.24, 2.45) is 0 Å². The van der Waals surface area contributed by atoms with Gasteiger partial charge in [0, 0.05) is 0 Å². The minimum absolute atomic E-state index is 0. The lowest BCUT2D eigenvalue weighted by atomic mass is 10.4. The summed E-state index contributed by atoms with van der Waals surface area (Å²) >= 11 is 0. The number of hydrogen-bond acceptors (Lipinski definition) is 1. The van der Waals surface area contributed by atoms with Gasteiger partial charge in [0.15, 0.2) is 0 Å². The molecule has 0 aromatic heterocycles. The molecule has 0 aliphatic carbocycles. The van der Waals surface area contributed by atoms with Gasteiger partial charge in [-0.05, 0) is 43.3 Å². The van der Waals surface area contributed by atoms with E-state index in [9.17, 15) is 0 Å². The van der Waals surface area contributed by atoms with Crippen molar-refractivity contribution in [3.63, 3.8) is 0 Å². The van der Waals surface area contributed by atoms with Crippen LogP contribution in [0.15, 0.2) is 91.0 Å². The van der Waals surface area contributed by atoms with Crippen LogP contribution in [0.1, 0.15) is 6.92 Å². The van der Waals surface area contributed by atoms with Gasteiger partial charge in [-0.1, -0.05) is 125 Å². The fraction of sp³-hybridized carbons (Fsp3) is 0.333. The van der Waals surface area contributed by atoms with Crippen LogP contribution in [0.25, 0.3) is 0 Å². The maximum absolute atomic E-state index is 8.28. The predicted octanol–water partition coefficient (Wildman–Crippen LogP) is 4.61. The summed E-state index contributed by atoms with van der Waals surface area (Å²) in [6.07, 6.45) is 0.898. The first kappa shape index (κ1) is 39.9. The Kier molecular flexibility index (Phi) is 18.2. The standard InChI is InChI=1S/C24H26PSi.C6H12OSi.C6H12Si.BrH/c1-26(2,3)21-13-20-25(22-14-7-4-8-15-22,23-16-9-5-10-17-23)24-18-11-6-12-19-24;1-8(2,3)6-4-5-7;1-5-6-7(2,3)4;/h4-12,14-19H,20H2,1-3H3;7H,5H2,1-3H3;1-4H3;1H/q+1;;;/p-1. The van der Waals surface area contributed by atoms with Crippen LogP contribution in [-0.4, -0.2) is 42.1 Å². The Morgan fingerprint density at radius 2 is 0.833 bits per heavy atom. The van der Waals surface area contributed by atoms with Gasteiger partial charge in [-0.2, -0.15) is 0 Å². The Balaban J connectivity index is 0.000000872. The van der Waals surface area contributed by atoms with Crippen molar-refractivity contribution < 1.29 is 22.1 Å². The highest BCUT2D eigenvalue weighted by atomic mass is 79.9. The first-order valence-corrected chi connectivity index (χ1v) is 26.7. The molecule has 0 saturated heterocycles. The monoisotopic (exact) mass is 692 g/mol. The number of aliphatic hydroxyl groups is 1. The number of hydrogen-bond donors (Lipinski definition) is 1. The van der Waals surface area contributed by atoms with Gasteiger partial charge in [0.25, 0.3) is 0 Å². The summed E-state index contributed by atoms with van der Waals surface area (Å²) < 4.78 is 0. The van der Waals surface area contributed by atoms with Crippen molar-refractivity contribution in [1.29, 1.82) is 0 Å². The number of aliphatic hydroxyl groups excluding tert-OH is 1. The minimum Gasteiger partial charge on any atom is -1.00 e. The van der Waals surface area contributed by atoms with Crippen molar-refractivity contribution in [2.75, 3.05) is 12.8 Å². The van der Waals surface area contributed by atoms with Gasteiger partial charge in [-0.25, -0.2) is 0 Å². The molecule has 0 unspecified atom stereocenters. The van der Waals surface area contributed by atoms with E-state index in [1.165, 1.54) is 15.9 Å². The molecular formula is C36H50BrOPSi3. The third-order valence-electron chi connectivity index (χ3n) is 5.41. The van der Waals surface area contributed by atoms with Crippen molar-refractivity contribution in [3.05, 3.63) is 91.0 Å². The van der Waals surface area contributed by atoms with E-state index in [4.69, 9.17) is 5.11 Å². The molecule has 0 amide bonds. The third kappa shape index (κ3) is 15.9. The number of halogens is 1. The summed E-state index contributed by atoms with van der Waals surface area (Å²) in [6, 6.07) is 32.9. The minimum atomic E-state index is -1.79. The quantitative estimate of drug-likeness (QED) is 0.241. The van der Waals surface area contributed by atoms with Crippen LogP contribution in [0.5, 0.6) is 0 Å². The molecule has 0 atom stereocenters. The maximum atomic E-state index is 8.28. The van der Waals surface area contributed by atoms with E-state index < -0.39 is 31.5 Å². The molecule has 3 aromatic rings. The van der Waals surface area contributed by atoms with Gasteiger partial charge in [0.2, 0.25) is 0 Å². The molecule has 0 spiro atoms. The molecule has 6 heteroatoms. The second-order valence-corrected chi connectivity index (χ2v) is 30.6. The molecule has 0 aliphatic rings. The Hall–Kier alpha value is -2.14. The molecule has 3 rings (SSSR count). The van der Waals surface area contributed by atoms with E-state index in [2.05, 4.69) is 184 Å². The second kappa shape index (κ2) is 19.2. The topological polar surface area (TPSA) is 20.2 Å². The summed E-state index contributed by atoms with van der Waals surface area (Å²) in [5, 5.41) is 12.5. The summed E-state index contributed by atoms with van der Waals surface area (Å²) in [5.74, 6) is 9.20. The van der Waals surface area contributed by atoms with Gasteiger partial charge >= 0.3 is 0 Å². The second-order valence-electron chi connectivity index (χ2n) is 12.9. The van der Waals surface area contributed by atoms with Crippen LogP contribution in [-0.2, 0) is 0 Å². The predicted molar refractivity (Wildman–Crippen MR) is 196 cm³/mol. The number of rotatable bonds is 4. The van der Waals surface area contributed by atoms with E-state index in [0.29, 0.717) is 0 Å². The molecule has 224 valence electrons. The average Bonchev–Trinajstić information content (AvgIpc) is 2.91. The van der Waals surface area contributed by atoms with Gasteiger partial charge in [0.05, 0.1) is 0 Å². The largest absolute Gasteiger partial charge is 1.00 e. The van der Waals surface area contributed by atoms with Crippen LogP contribution in [0.3, 0.4) is 0 Å². The van der Waals surface area contributed by atoms with E-state index in [1.807, 2.05) is 6.92 Å². The van der Waals surface area contributed by atoms with Crippen LogP contribution in [0, 0.1) is 34.4 Å². The Morgan fingerprint density at radius 1 is 0.524 bits per heavy atom. The van der Waals surface area contributed by atoms with Crippen molar-refractivity contribution >= 4 is 47.4 Å². The molecule has 0 bridgehead atoms. The first-order valence-electron chi connectivity index (χ1n) is 14.2. The molecular weight excluding hydrogens is 644 g/mol. The summed E-state index contributed by atoms with van der Waals surface area (Å²) in [4.78, 5) is 0. The smallest absolute Gasteiger partial charge is 0.133 e. The van der Waals surface area contributed by atoms with Crippen LogP contribution in [0.4, 0.5) is 0 Å². The summed E-state index contributed by atoms with van der Waals surface area (Å²) in [5.41, 5.74) is 9.79. The molecule has 0 radical (unpaired) electrons. The van der Waals surface area contributed by atoms with Gasteiger partial charge in [-0.15, -0.1) is 22.6 Å².